The van der Waals surface area contributed by atoms with Gasteiger partial charge in [-0.2, -0.15) is 5.10 Å². The average molecular weight is 291 g/mol. The first-order chi connectivity index (χ1) is 9.60. The van der Waals surface area contributed by atoms with Crippen molar-refractivity contribution in [1.29, 1.82) is 0 Å². The van der Waals surface area contributed by atoms with E-state index in [4.69, 9.17) is 4.74 Å². The fourth-order valence-electron chi connectivity index (χ4n) is 1.79. The van der Waals surface area contributed by atoms with Crippen molar-refractivity contribution in [3.05, 3.63) is 36.0 Å². The molecular weight excluding hydrogens is 274 g/mol. The van der Waals surface area contributed by atoms with Crippen molar-refractivity contribution in [3.63, 3.8) is 0 Å². The molecule has 20 heavy (non-hydrogen) atoms. The van der Waals surface area contributed by atoms with Gasteiger partial charge in [-0.3, -0.25) is 9.48 Å². The lowest BCUT2D eigenvalue weighted by molar-refractivity contribution is -0.113. The van der Waals surface area contributed by atoms with E-state index in [-0.39, 0.29) is 5.91 Å². The van der Waals surface area contributed by atoms with Gasteiger partial charge in [0.2, 0.25) is 5.91 Å². The average Bonchev–Trinajstić information content (AvgIpc) is 2.75. The van der Waals surface area contributed by atoms with Crippen molar-refractivity contribution in [2.24, 2.45) is 7.05 Å². The fraction of sp³-hybridized carbons (Fsp3) is 0.286. The molecule has 0 radical (unpaired) electrons. The summed E-state index contributed by atoms with van der Waals surface area (Å²) >= 11 is 1.44. The molecule has 0 unspecified atom stereocenters. The molecule has 1 aromatic heterocycles. The van der Waals surface area contributed by atoms with E-state index in [0.29, 0.717) is 11.6 Å². The van der Waals surface area contributed by atoms with E-state index in [1.807, 2.05) is 37.3 Å². The molecule has 1 heterocycles. The smallest absolute Gasteiger partial charge is 0.235 e. The number of aromatic nitrogens is 2. The molecule has 0 saturated carbocycles. The number of ether oxygens (including phenoxy) is 1. The molecule has 1 aromatic carbocycles. The normalized spacial score (nSPS) is 10.3. The third kappa shape index (κ3) is 3.54. The van der Waals surface area contributed by atoms with Crippen molar-refractivity contribution < 1.29 is 9.53 Å². The van der Waals surface area contributed by atoms with Gasteiger partial charge in [-0.25, -0.2) is 0 Å². The maximum atomic E-state index is 11.9. The number of para-hydroxylation sites is 1. The van der Waals surface area contributed by atoms with Crippen LogP contribution in [-0.2, 0) is 11.8 Å². The zero-order valence-electron chi connectivity index (χ0n) is 11.7. The molecule has 0 atom stereocenters. The van der Waals surface area contributed by atoms with Gasteiger partial charge < -0.3 is 10.1 Å². The van der Waals surface area contributed by atoms with Gasteiger partial charge in [0, 0.05) is 18.0 Å². The van der Waals surface area contributed by atoms with Gasteiger partial charge in [-0.15, -0.1) is 11.8 Å². The Bertz CT molecular complexity index is 610. The largest absolute Gasteiger partial charge is 0.496 e. The molecule has 0 spiro atoms. The summed E-state index contributed by atoms with van der Waals surface area (Å²) in [7, 11) is 3.42. The second-order valence-corrected chi connectivity index (χ2v) is 5.30. The van der Waals surface area contributed by atoms with Gasteiger partial charge in [0.15, 0.2) is 0 Å². The van der Waals surface area contributed by atoms with E-state index in [0.717, 1.165) is 16.3 Å². The third-order valence-corrected chi connectivity index (χ3v) is 3.75. The Morgan fingerprint density at radius 1 is 1.45 bits per heavy atom. The minimum Gasteiger partial charge on any atom is -0.496 e. The number of anilines is 1. The minimum atomic E-state index is -0.0658. The maximum Gasteiger partial charge on any atom is 0.235 e. The monoisotopic (exact) mass is 291 g/mol. The maximum absolute atomic E-state index is 11.9. The number of thioether (sulfide) groups is 1. The van der Waals surface area contributed by atoms with Crippen molar-refractivity contribution in [2.45, 2.75) is 11.8 Å². The number of amides is 1. The lowest BCUT2D eigenvalue weighted by Gasteiger charge is -2.08. The van der Waals surface area contributed by atoms with E-state index >= 15 is 0 Å². The number of carbonyl (C=O) groups is 1. The number of nitrogens with one attached hydrogen (secondary N) is 1. The number of methoxy groups -OCH3 is 1. The predicted molar refractivity (Wildman–Crippen MR) is 80.3 cm³/mol. The summed E-state index contributed by atoms with van der Waals surface area (Å²) in [5, 5.41) is 7.02. The van der Waals surface area contributed by atoms with Crippen LogP contribution in [0, 0.1) is 6.92 Å². The molecule has 0 aliphatic heterocycles. The molecule has 2 rings (SSSR count). The van der Waals surface area contributed by atoms with Crippen LogP contribution in [0.15, 0.2) is 35.2 Å². The first-order valence-electron chi connectivity index (χ1n) is 6.16. The van der Waals surface area contributed by atoms with Gasteiger partial charge in [0.25, 0.3) is 0 Å². The third-order valence-electron chi connectivity index (χ3n) is 2.70. The number of benzene rings is 1. The highest BCUT2D eigenvalue weighted by atomic mass is 32.2. The molecular formula is C14H17N3O2S. The van der Waals surface area contributed by atoms with Crippen LogP contribution >= 0.6 is 11.8 Å². The number of hydrogen-bond acceptors (Lipinski definition) is 4. The predicted octanol–water partition coefficient (Wildman–Crippen LogP) is 2.47. The fourth-order valence-corrected chi connectivity index (χ4v) is 2.62. The topological polar surface area (TPSA) is 56.1 Å². The van der Waals surface area contributed by atoms with Gasteiger partial charge in [-0.1, -0.05) is 12.1 Å². The highest BCUT2D eigenvalue weighted by molar-refractivity contribution is 8.00. The number of carbonyl (C=O) groups excluding carboxylic acids is 1. The van der Waals surface area contributed by atoms with Gasteiger partial charge >= 0.3 is 0 Å². The lowest BCUT2D eigenvalue weighted by atomic mass is 10.3. The number of hydrogen-bond donors (Lipinski definition) is 1. The summed E-state index contributed by atoms with van der Waals surface area (Å²) in [6.07, 6.45) is 0. The van der Waals surface area contributed by atoms with Crippen LogP contribution in [0.5, 0.6) is 5.75 Å². The van der Waals surface area contributed by atoms with Crippen molar-refractivity contribution >= 4 is 23.5 Å². The van der Waals surface area contributed by atoms with E-state index in [9.17, 15) is 4.79 Å². The Balaban J connectivity index is 1.94. The molecule has 5 nitrogen and oxygen atoms in total. The Morgan fingerprint density at radius 2 is 2.20 bits per heavy atom. The summed E-state index contributed by atoms with van der Waals surface area (Å²) in [4.78, 5) is 12.9. The Labute approximate surface area is 122 Å². The molecule has 0 bridgehead atoms. The van der Waals surface area contributed by atoms with Crippen molar-refractivity contribution in [3.8, 4) is 5.75 Å². The molecule has 106 valence electrons. The summed E-state index contributed by atoms with van der Waals surface area (Å²) in [5.74, 6) is 1.74. The first kappa shape index (κ1) is 14.5. The van der Waals surface area contributed by atoms with Crippen molar-refractivity contribution in [1.82, 2.24) is 9.78 Å². The second-order valence-electron chi connectivity index (χ2n) is 4.28. The lowest BCUT2D eigenvalue weighted by Crippen LogP contribution is -2.16. The number of rotatable bonds is 5. The van der Waals surface area contributed by atoms with Crippen molar-refractivity contribution in [2.75, 3.05) is 18.2 Å². The highest BCUT2D eigenvalue weighted by Crippen LogP contribution is 2.28. The van der Waals surface area contributed by atoms with Gasteiger partial charge in [-0.05, 0) is 19.1 Å². The molecule has 1 N–H and O–H groups in total. The van der Waals surface area contributed by atoms with E-state index in [1.54, 1.807) is 18.8 Å². The Kier molecular flexibility index (Phi) is 4.68. The van der Waals surface area contributed by atoms with E-state index < -0.39 is 0 Å². The molecule has 0 fully saturated rings. The standard InChI is InChI=1S/C14H17N3O2S/c1-10-8-13(17(2)16-10)15-14(18)9-20-12-7-5-4-6-11(12)19-3/h4-8H,9H2,1-3H3,(H,15,18). The SMILES string of the molecule is COc1ccccc1SCC(=O)Nc1cc(C)nn1C. The molecule has 0 aliphatic carbocycles. The zero-order valence-corrected chi connectivity index (χ0v) is 12.5. The van der Waals surface area contributed by atoms with Crippen LogP contribution in [0.2, 0.25) is 0 Å². The number of nitrogens with zero attached hydrogens (tertiary/aromatic N) is 2. The first-order valence-corrected chi connectivity index (χ1v) is 7.15. The van der Waals surface area contributed by atoms with E-state index in [2.05, 4.69) is 10.4 Å². The van der Waals surface area contributed by atoms with Crippen LogP contribution in [-0.4, -0.2) is 28.6 Å². The zero-order chi connectivity index (χ0) is 14.5. The minimum absolute atomic E-state index is 0.0658. The summed E-state index contributed by atoms with van der Waals surface area (Å²) in [5.41, 5.74) is 0.875. The quantitative estimate of drug-likeness (QED) is 0.860. The second kappa shape index (κ2) is 6.47. The summed E-state index contributed by atoms with van der Waals surface area (Å²) < 4.78 is 6.91. The van der Waals surface area contributed by atoms with Crippen LogP contribution in [0.1, 0.15) is 5.69 Å². The molecule has 0 saturated heterocycles. The summed E-state index contributed by atoms with van der Waals surface area (Å²) in [6, 6.07) is 9.48. The van der Waals surface area contributed by atoms with E-state index in [1.165, 1.54) is 11.8 Å². The molecule has 1 amide bonds. The molecule has 2 aromatic rings. The molecule has 0 aliphatic rings. The van der Waals surface area contributed by atoms with Crippen LogP contribution in [0.25, 0.3) is 0 Å². The Morgan fingerprint density at radius 3 is 2.85 bits per heavy atom. The Hall–Kier alpha value is -1.95. The number of aryl methyl sites for hydroxylation is 2. The van der Waals surface area contributed by atoms with Crippen LogP contribution < -0.4 is 10.1 Å². The molecule has 6 heteroatoms. The summed E-state index contributed by atoms with van der Waals surface area (Å²) in [6.45, 7) is 1.89. The van der Waals surface area contributed by atoms with Gasteiger partial charge in [0.05, 0.1) is 18.6 Å². The highest BCUT2D eigenvalue weighted by Gasteiger charge is 2.09. The van der Waals surface area contributed by atoms with Crippen LogP contribution in [0.4, 0.5) is 5.82 Å². The van der Waals surface area contributed by atoms with Crippen LogP contribution in [0.3, 0.4) is 0 Å². The van der Waals surface area contributed by atoms with Gasteiger partial charge in [0.1, 0.15) is 11.6 Å².